The van der Waals surface area contributed by atoms with E-state index in [0.717, 1.165) is 29.4 Å². The first-order chi connectivity index (χ1) is 8.83. The third kappa shape index (κ3) is 2.28. The molecular formula is C14H13ClN2O. The van der Waals surface area contributed by atoms with Gasteiger partial charge in [0, 0.05) is 28.7 Å². The maximum atomic E-state index is 5.95. The van der Waals surface area contributed by atoms with E-state index in [4.69, 9.17) is 16.0 Å². The van der Waals surface area contributed by atoms with Gasteiger partial charge in [0.05, 0.1) is 12.8 Å². The number of furan rings is 1. The Hall–Kier alpha value is -1.71. The molecule has 0 aliphatic rings. The summed E-state index contributed by atoms with van der Waals surface area (Å²) >= 11 is 5.95. The lowest BCUT2D eigenvalue weighted by atomic mass is 10.2. The summed E-state index contributed by atoms with van der Waals surface area (Å²) in [6.45, 7) is 1.52. The normalized spacial score (nSPS) is 11.2. The molecule has 0 aliphatic heterocycles. The number of hydrogen-bond acceptors (Lipinski definition) is 2. The van der Waals surface area contributed by atoms with Crippen LogP contribution < -0.4 is 5.32 Å². The van der Waals surface area contributed by atoms with Gasteiger partial charge in [-0.15, -0.1) is 0 Å². The van der Waals surface area contributed by atoms with Gasteiger partial charge < -0.3 is 14.7 Å². The van der Waals surface area contributed by atoms with E-state index in [0.29, 0.717) is 0 Å². The summed E-state index contributed by atoms with van der Waals surface area (Å²) in [6.07, 6.45) is 3.70. The quantitative estimate of drug-likeness (QED) is 0.751. The van der Waals surface area contributed by atoms with Gasteiger partial charge in [-0.25, -0.2) is 0 Å². The average molecular weight is 261 g/mol. The fourth-order valence-electron chi connectivity index (χ4n) is 2.04. The molecule has 92 valence electrons. The third-order valence-corrected chi connectivity index (χ3v) is 3.16. The summed E-state index contributed by atoms with van der Waals surface area (Å²) in [6, 6.07) is 9.74. The number of halogens is 1. The summed E-state index contributed by atoms with van der Waals surface area (Å²) in [5.41, 5.74) is 2.30. The Morgan fingerprint density at radius 2 is 2.17 bits per heavy atom. The predicted molar refractivity (Wildman–Crippen MR) is 72.6 cm³/mol. The van der Waals surface area contributed by atoms with E-state index in [9.17, 15) is 0 Å². The second-order valence-electron chi connectivity index (χ2n) is 4.19. The molecule has 2 heterocycles. The molecule has 0 saturated carbocycles. The van der Waals surface area contributed by atoms with Crippen LogP contribution in [-0.2, 0) is 13.1 Å². The number of H-pyrrole nitrogens is 1. The zero-order chi connectivity index (χ0) is 12.4. The van der Waals surface area contributed by atoms with Crippen molar-refractivity contribution in [2.75, 3.05) is 0 Å². The van der Waals surface area contributed by atoms with Crippen LogP contribution in [-0.4, -0.2) is 4.98 Å². The molecule has 3 aromatic rings. The summed E-state index contributed by atoms with van der Waals surface area (Å²) in [7, 11) is 0. The first kappa shape index (κ1) is 11.4. The molecule has 2 aromatic heterocycles. The number of benzene rings is 1. The molecule has 0 spiro atoms. The molecule has 0 bridgehead atoms. The van der Waals surface area contributed by atoms with Gasteiger partial charge in [-0.3, -0.25) is 0 Å². The Labute approximate surface area is 110 Å². The van der Waals surface area contributed by atoms with E-state index in [1.54, 1.807) is 6.26 Å². The summed E-state index contributed by atoms with van der Waals surface area (Å²) in [4.78, 5) is 3.22. The van der Waals surface area contributed by atoms with Crippen molar-refractivity contribution in [1.29, 1.82) is 0 Å². The minimum atomic E-state index is 0.729. The van der Waals surface area contributed by atoms with Crippen LogP contribution in [0.2, 0.25) is 5.02 Å². The van der Waals surface area contributed by atoms with E-state index >= 15 is 0 Å². The highest BCUT2D eigenvalue weighted by Crippen LogP contribution is 2.21. The highest BCUT2D eigenvalue weighted by Gasteiger charge is 2.04. The van der Waals surface area contributed by atoms with Gasteiger partial charge >= 0.3 is 0 Å². The van der Waals surface area contributed by atoms with Gasteiger partial charge in [0.1, 0.15) is 5.76 Å². The SMILES string of the molecule is Clc1ccc2c(CNCc3ccco3)c[nH]c2c1. The minimum Gasteiger partial charge on any atom is -0.468 e. The summed E-state index contributed by atoms with van der Waals surface area (Å²) in [5.74, 6) is 0.942. The van der Waals surface area contributed by atoms with Crippen LogP contribution in [0.25, 0.3) is 10.9 Å². The smallest absolute Gasteiger partial charge is 0.117 e. The summed E-state index contributed by atoms with van der Waals surface area (Å²) in [5, 5.41) is 5.30. The van der Waals surface area contributed by atoms with Gasteiger partial charge in [-0.1, -0.05) is 17.7 Å². The average Bonchev–Trinajstić information content (AvgIpc) is 2.99. The Kier molecular flexibility index (Phi) is 3.09. The number of hydrogen-bond donors (Lipinski definition) is 2. The van der Waals surface area contributed by atoms with Crippen LogP contribution in [0.4, 0.5) is 0 Å². The Balaban J connectivity index is 1.71. The van der Waals surface area contributed by atoms with Crippen LogP contribution in [0, 0.1) is 0 Å². The van der Waals surface area contributed by atoms with Gasteiger partial charge in [0.2, 0.25) is 0 Å². The van der Waals surface area contributed by atoms with Crippen molar-refractivity contribution < 1.29 is 4.42 Å². The topological polar surface area (TPSA) is 41.0 Å². The van der Waals surface area contributed by atoms with Crippen LogP contribution in [0.5, 0.6) is 0 Å². The van der Waals surface area contributed by atoms with Gasteiger partial charge in [-0.2, -0.15) is 0 Å². The second kappa shape index (κ2) is 4.88. The van der Waals surface area contributed by atoms with Crippen molar-refractivity contribution in [1.82, 2.24) is 10.3 Å². The molecule has 0 amide bonds. The molecule has 2 N–H and O–H groups in total. The monoisotopic (exact) mass is 260 g/mol. The Morgan fingerprint density at radius 1 is 1.22 bits per heavy atom. The van der Waals surface area contributed by atoms with E-state index in [2.05, 4.69) is 10.3 Å². The maximum absolute atomic E-state index is 5.95. The van der Waals surface area contributed by atoms with Crippen molar-refractivity contribution in [3.8, 4) is 0 Å². The molecule has 0 radical (unpaired) electrons. The molecule has 0 aliphatic carbocycles. The third-order valence-electron chi connectivity index (χ3n) is 2.92. The minimum absolute atomic E-state index is 0.729. The van der Waals surface area contributed by atoms with E-state index in [1.165, 1.54) is 10.9 Å². The molecule has 18 heavy (non-hydrogen) atoms. The number of nitrogens with one attached hydrogen (secondary N) is 2. The van der Waals surface area contributed by atoms with Crippen LogP contribution >= 0.6 is 11.6 Å². The van der Waals surface area contributed by atoms with Crippen molar-refractivity contribution >= 4 is 22.5 Å². The number of aromatic amines is 1. The van der Waals surface area contributed by atoms with Gasteiger partial charge in [0.15, 0.2) is 0 Å². The fraction of sp³-hybridized carbons (Fsp3) is 0.143. The molecule has 0 saturated heterocycles. The van der Waals surface area contributed by atoms with Crippen LogP contribution in [0.3, 0.4) is 0 Å². The maximum Gasteiger partial charge on any atom is 0.117 e. The van der Waals surface area contributed by atoms with Crippen molar-refractivity contribution in [3.63, 3.8) is 0 Å². The molecule has 1 aromatic carbocycles. The molecular weight excluding hydrogens is 248 g/mol. The fourth-order valence-corrected chi connectivity index (χ4v) is 2.21. The zero-order valence-corrected chi connectivity index (χ0v) is 10.5. The first-order valence-corrected chi connectivity index (χ1v) is 6.19. The molecule has 0 unspecified atom stereocenters. The van der Waals surface area contributed by atoms with Crippen LogP contribution in [0.1, 0.15) is 11.3 Å². The van der Waals surface area contributed by atoms with Crippen molar-refractivity contribution in [3.05, 3.63) is 59.1 Å². The van der Waals surface area contributed by atoms with E-state index in [-0.39, 0.29) is 0 Å². The van der Waals surface area contributed by atoms with E-state index in [1.807, 2.05) is 36.5 Å². The van der Waals surface area contributed by atoms with Crippen molar-refractivity contribution in [2.45, 2.75) is 13.1 Å². The van der Waals surface area contributed by atoms with Gasteiger partial charge in [-0.05, 0) is 29.8 Å². The number of fused-ring (bicyclic) bond motifs is 1. The number of aromatic nitrogens is 1. The van der Waals surface area contributed by atoms with Crippen molar-refractivity contribution in [2.24, 2.45) is 0 Å². The lowest BCUT2D eigenvalue weighted by molar-refractivity contribution is 0.483. The zero-order valence-electron chi connectivity index (χ0n) is 9.74. The highest BCUT2D eigenvalue weighted by atomic mass is 35.5. The molecule has 0 fully saturated rings. The molecule has 0 atom stereocenters. The largest absolute Gasteiger partial charge is 0.468 e. The predicted octanol–water partition coefficient (Wildman–Crippen LogP) is 3.70. The first-order valence-electron chi connectivity index (χ1n) is 5.81. The Morgan fingerprint density at radius 3 is 3.00 bits per heavy atom. The molecule has 4 heteroatoms. The number of rotatable bonds is 4. The molecule has 3 rings (SSSR count). The second-order valence-corrected chi connectivity index (χ2v) is 4.62. The standard InChI is InChI=1S/C14H13ClN2O/c15-11-3-4-13-10(8-17-14(13)6-11)7-16-9-12-2-1-5-18-12/h1-6,8,16-17H,7,9H2. The van der Waals surface area contributed by atoms with E-state index < -0.39 is 0 Å². The highest BCUT2D eigenvalue weighted by molar-refractivity contribution is 6.31. The summed E-state index contributed by atoms with van der Waals surface area (Å²) < 4.78 is 5.27. The van der Waals surface area contributed by atoms with Crippen LogP contribution in [0.15, 0.2) is 47.2 Å². The lowest BCUT2D eigenvalue weighted by Gasteiger charge is -2.01. The lowest BCUT2D eigenvalue weighted by Crippen LogP contribution is -2.11. The Bertz CT molecular complexity index is 643. The van der Waals surface area contributed by atoms with Gasteiger partial charge in [0.25, 0.3) is 0 Å². The molecule has 3 nitrogen and oxygen atoms in total.